The zero-order valence-electron chi connectivity index (χ0n) is 21.3. The highest BCUT2D eigenvalue weighted by Gasteiger charge is 2.30. The Labute approximate surface area is 234 Å². The highest BCUT2D eigenvalue weighted by molar-refractivity contribution is 9.10. The summed E-state index contributed by atoms with van der Waals surface area (Å²) < 4.78 is 17.7. The smallest absolute Gasteiger partial charge is 0.338 e. The molecule has 9 heteroatoms. The number of amides is 1. The summed E-state index contributed by atoms with van der Waals surface area (Å²) in [6, 6.07) is 20.4. The highest BCUT2D eigenvalue weighted by atomic mass is 79.9. The van der Waals surface area contributed by atoms with Crippen molar-refractivity contribution in [2.75, 3.05) is 20.3 Å². The first-order valence-electron chi connectivity index (χ1n) is 12.1. The zero-order valence-corrected chi connectivity index (χ0v) is 23.7. The van der Waals surface area contributed by atoms with Gasteiger partial charge in [-0.2, -0.15) is 0 Å². The van der Waals surface area contributed by atoms with Crippen molar-refractivity contribution >= 4 is 56.5 Å². The minimum Gasteiger partial charge on any atom is -0.490 e. The van der Waals surface area contributed by atoms with Gasteiger partial charge in [0.2, 0.25) is 0 Å². The van der Waals surface area contributed by atoms with E-state index in [2.05, 4.69) is 20.9 Å². The summed E-state index contributed by atoms with van der Waals surface area (Å²) in [5.74, 6) is 0.654. The molecule has 1 heterocycles. The minimum atomic E-state index is -0.381. The predicted molar refractivity (Wildman–Crippen MR) is 154 cm³/mol. The van der Waals surface area contributed by atoms with E-state index in [1.807, 2.05) is 55.5 Å². The van der Waals surface area contributed by atoms with Crippen LogP contribution in [0.2, 0.25) is 0 Å². The summed E-state index contributed by atoms with van der Waals surface area (Å²) in [6.07, 6.45) is 1.81. The van der Waals surface area contributed by atoms with E-state index in [9.17, 15) is 9.59 Å². The summed E-state index contributed by atoms with van der Waals surface area (Å²) in [4.78, 5) is 31.5. The average Bonchev–Trinajstić information content (AvgIpc) is 3.17. The summed E-state index contributed by atoms with van der Waals surface area (Å²) in [6.45, 7) is 4.86. The van der Waals surface area contributed by atoms with Crippen LogP contribution in [0.5, 0.6) is 11.5 Å². The van der Waals surface area contributed by atoms with Crippen LogP contribution in [0.4, 0.5) is 5.69 Å². The molecule has 1 aliphatic rings. The molecule has 0 saturated carbocycles. The maximum atomic E-state index is 13.0. The van der Waals surface area contributed by atoms with Crippen molar-refractivity contribution < 1.29 is 23.8 Å². The third-order valence-electron chi connectivity index (χ3n) is 5.46. The predicted octanol–water partition coefficient (Wildman–Crippen LogP) is 6.84. The Bertz CT molecular complexity index is 1370. The van der Waals surface area contributed by atoms with Crippen LogP contribution >= 0.6 is 27.7 Å². The second-order valence-corrected chi connectivity index (χ2v) is 10.0. The van der Waals surface area contributed by atoms with E-state index in [1.54, 1.807) is 38.2 Å². The molecule has 0 radical (unpaired) electrons. The van der Waals surface area contributed by atoms with Crippen LogP contribution in [0.3, 0.4) is 0 Å². The first-order chi connectivity index (χ1) is 18.4. The molecule has 3 aromatic rings. The Morgan fingerprint density at radius 1 is 1.03 bits per heavy atom. The fourth-order valence-corrected chi connectivity index (χ4v) is 5.16. The Kier molecular flexibility index (Phi) is 9.25. The summed E-state index contributed by atoms with van der Waals surface area (Å²) in [5.41, 5.74) is 2.91. The fraction of sp³-hybridized carbons (Fsp3) is 0.207. The molecule has 1 saturated heterocycles. The van der Waals surface area contributed by atoms with Gasteiger partial charge in [0.15, 0.2) is 16.7 Å². The van der Waals surface area contributed by atoms with E-state index in [0.717, 1.165) is 15.6 Å². The fourth-order valence-electron chi connectivity index (χ4n) is 3.60. The Hall–Kier alpha value is -3.56. The molecule has 4 rings (SSSR count). The number of halogens is 1. The first-order valence-corrected chi connectivity index (χ1v) is 13.7. The van der Waals surface area contributed by atoms with Crippen LogP contribution in [0, 0.1) is 0 Å². The number of amidine groups is 1. The lowest BCUT2D eigenvalue weighted by atomic mass is 10.1. The number of aliphatic imine (C=N–C) groups is 1. The average molecular weight is 596 g/mol. The maximum Gasteiger partial charge on any atom is 0.338 e. The lowest BCUT2D eigenvalue weighted by Gasteiger charge is -2.15. The van der Waals surface area contributed by atoms with Crippen molar-refractivity contribution in [3.05, 3.63) is 92.8 Å². The molecule has 0 atom stereocenters. The molecule has 0 N–H and O–H groups in total. The number of carbonyl (C=O) groups is 2. The summed E-state index contributed by atoms with van der Waals surface area (Å²) >= 11 is 4.89. The summed E-state index contributed by atoms with van der Waals surface area (Å²) in [7, 11) is 1.68. The number of nitrogens with zero attached hydrogens (tertiary/aromatic N) is 2. The summed E-state index contributed by atoms with van der Waals surface area (Å²) in [5, 5.41) is 0.539. The number of hydrogen-bond acceptors (Lipinski definition) is 7. The molecule has 7 nitrogen and oxygen atoms in total. The standard InChI is InChI=1S/C29H27BrN2O5S/c1-4-35-24-16-20(15-23(30)26(24)37-18-19-9-7-6-8-10-19)17-25-27(33)32(3)29(38-25)31-22-13-11-21(12-14-22)28(34)36-5-2/h6-17H,4-5,18H2,1-3H3. The van der Waals surface area contributed by atoms with Crippen molar-refractivity contribution in [2.24, 2.45) is 4.99 Å². The van der Waals surface area contributed by atoms with Crippen molar-refractivity contribution in [2.45, 2.75) is 20.5 Å². The SMILES string of the molecule is CCOC(=O)c1ccc(N=C2SC(=Cc3cc(Br)c(OCc4ccccc4)c(OCC)c3)C(=O)N2C)cc1. The lowest BCUT2D eigenvalue weighted by Crippen LogP contribution is -2.23. The zero-order chi connectivity index (χ0) is 27.1. The normalized spacial score (nSPS) is 15.3. The number of likely N-dealkylation sites (N-methyl/N-ethyl adjacent to an activating group) is 1. The second-order valence-electron chi connectivity index (χ2n) is 8.17. The van der Waals surface area contributed by atoms with Gasteiger partial charge >= 0.3 is 5.97 Å². The molecular weight excluding hydrogens is 568 g/mol. The highest BCUT2D eigenvalue weighted by Crippen LogP contribution is 2.40. The van der Waals surface area contributed by atoms with Crippen LogP contribution in [-0.2, 0) is 16.1 Å². The van der Waals surface area contributed by atoms with Gasteiger partial charge in [0.1, 0.15) is 6.61 Å². The van der Waals surface area contributed by atoms with Gasteiger partial charge in [-0.05, 0) is 95.1 Å². The van der Waals surface area contributed by atoms with E-state index in [-0.39, 0.29) is 11.9 Å². The molecule has 1 fully saturated rings. The number of thioether (sulfide) groups is 1. The third kappa shape index (κ3) is 6.65. The monoisotopic (exact) mass is 594 g/mol. The lowest BCUT2D eigenvalue weighted by molar-refractivity contribution is -0.121. The Morgan fingerprint density at radius 2 is 1.76 bits per heavy atom. The Balaban J connectivity index is 1.55. The largest absolute Gasteiger partial charge is 0.490 e. The number of benzene rings is 3. The molecule has 1 aliphatic heterocycles. The molecule has 1 amide bonds. The van der Waals surface area contributed by atoms with Gasteiger partial charge in [-0.1, -0.05) is 30.3 Å². The van der Waals surface area contributed by atoms with Crippen molar-refractivity contribution in [3.63, 3.8) is 0 Å². The number of rotatable bonds is 9. The van der Waals surface area contributed by atoms with Crippen molar-refractivity contribution in [1.82, 2.24) is 4.90 Å². The molecular formula is C29H27BrN2O5S. The molecule has 0 spiro atoms. The van der Waals surface area contributed by atoms with Gasteiger partial charge in [0, 0.05) is 7.05 Å². The molecule has 3 aromatic carbocycles. The number of carbonyl (C=O) groups excluding carboxylic acids is 2. The quantitative estimate of drug-likeness (QED) is 0.199. The van der Waals surface area contributed by atoms with E-state index < -0.39 is 0 Å². The van der Waals surface area contributed by atoms with Gasteiger partial charge in [0.25, 0.3) is 5.91 Å². The maximum absolute atomic E-state index is 13.0. The van der Waals surface area contributed by atoms with E-state index >= 15 is 0 Å². The number of hydrogen-bond donors (Lipinski definition) is 0. The first kappa shape index (κ1) is 27.5. The third-order valence-corrected chi connectivity index (χ3v) is 7.11. The molecule has 38 heavy (non-hydrogen) atoms. The molecule has 0 unspecified atom stereocenters. The number of ether oxygens (including phenoxy) is 3. The van der Waals surface area contributed by atoms with Crippen molar-refractivity contribution in [3.8, 4) is 11.5 Å². The second kappa shape index (κ2) is 12.8. The van der Waals surface area contributed by atoms with Gasteiger partial charge in [-0.25, -0.2) is 9.79 Å². The van der Waals surface area contributed by atoms with Gasteiger partial charge in [-0.15, -0.1) is 0 Å². The van der Waals surface area contributed by atoms with Gasteiger partial charge in [0.05, 0.1) is 33.8 Å². The van der Waals surface area contributed by atoms with Crippen LogP contribution in [0.15, 0.2) is 81.1 Å². The molecule has 0 aromatic heterocycles. The topological polar surface area (TPSA) is 77.4 Å². The minimum absolute atomic E-state index is 0.157. The van der Waals surface area contributed by atoms with Crippen LogP contribution in [0.25, 0.3) is 6.08 Å². The Morgan fingerprint density at radius 3 is 2.45 bits per heavy atom. The van der Waals surface area contributed by atoms with Crippen LogP contribution in [-0.4, -0.2) is 42.2 Å². The van der Waals surface area contributed by atoms with Crippen LogP contribution in [0.1, 0.15) is 35.3 Å². The van der Waals surface area contributed by atoms with E-state index in [4.69, 9.17) is 14.2 Å². The van der Waals surface area contributed by atoms with Crippen LogP contribution < -0.4 is 9.47 Å². The number of esters is 1. The van der Waals surface area contributed by atoms with E-state index in [1.165, 1.54) is 16.7 Å². The molecule has 0 aliphatic carbocycles. The molecule has 196 valence electrons. The van der Waals surface area contributed by atoms with Crippen molar-refractivity contribution in [1.29, 1.82) is 0 Å². The molecule has 0 bridgehead atoms. The van der Waals surface area contributed by atoms with Gasteiger partial charge in [-0.3, -0.25) is 9.69 Å². The van der Waals surface area contributed by atoms with E-state index in [0.29, 0.717) is 52.6 Å². The van der Waals surface area contributed by atoms with Gasteiger partial charge < -0.3 is 14.2 Å².